The molecule has 0 saturated carbocycles. The van der Waals surface area contributed by atoms with Crippen molar-refractivity contribution in [2.75, 3.05) is 0 Å². The fourth-order valence-corrected chi connectivity index (χ4v) is 2.43. The van der Waals surface area contributed by atoms with E-state index in [1.54, 1.807) is 24.3 Å². The van der Waals surface area contributed by atoms with E-state index in [0.717, 1.165) is 23.4 Å². The molecule has 0 radical (unpaired) electrons. The second kappa shape index (κ2) is 8.34. The molecule has 0 aliphatic heterocycles. The van der Waals surface area contributed by atoms with Crippen LogP contribution in [0.2, 0.25) is 0 Å². The molecule has 8 heteroatoms. The van der Waals surface area contributed by atoms with E-state index in [1.165, 1.54) is 12.1 Å². The van der Waals surface area contributed by atoms with Crippen molar-refractivity contribution < 1.29 is 23.2 Å². The van der Waals surface area contributed by atoms with Gasteiger partial charge in [-0.15, -0.1) is 0 Å². The molecule has 1 aromatic heterocycles. The van der Waals surface area contributed by atoms with Crippen molar-refractivity contribution in [1.29, 1.82) is 0 Å². The summed E-state index contributed by atoms with van der Waals surface area (Å²) in [6, 6.07) is 11.4. The Morgan fingerprint density at radius 1 is 0.964 bits per heavy atom. The number of carbonyl (C=O) groups is 2. The first-order valence-electron chi connectivity index (χ1n) is 8.45. The first kappa shape index (κ1) is 19.1. The summed E-state index contributed by atoms with van der Waals surface area (Å²) >= 11 is 0. The van der Waals surface area contributed by atoms with E-state index in [1.807, 2.05) is 13.8 Å². The Kier molecular flexibility index (Phi) is 5.69. The fraction of sp³-hybridized carbons (Fsp3) is 0.150. The Morgan fingerprint density at radius 3 is 2.00 bits per heavy atom. The van der Waals surface area contributed by atoms with Crippen LogP contribution in [0.4, 0.5) is 4.39 Å². The van der Waals surface area contributed by atoms with Crippen molar-refractivity contribution in [1.82, 2.24) is 16.0 Å². The summed E-state index contributed by atoms with van der Waals surface area (Å²) in [4.78, 5) is 24.0. The third-order valence-corrected chi connectivity index (χ3v) is 4.08. The summed E-state index contributed by atoms with van der Waals surface area (Å²) < 4.78 is 23.6. The van der Waals surface area contributed by atoms with Crippen LogP contribution in [-0.4, -0.2) is 17.0 Å². The van der Waals surface area contributed by atoms with Crippen LogP contribution < -0.4 is 15.6 Å². The molecule has 3 rings (SSSR count). The van der Waals surface area contributed by atoms with Gasteiger partial charge in [0.15, 0.2) is 0 Å². The number of hydrogen-bond donors (Lipinski definition) is 2. The molecule has 28 heavy (non-hydrogen) atoms. The first-order valence-corrected chi connectivity index (χ1v) is 8.45. The van der Waals surface area contributed by atoms with Gasteiger partial charge in [0.1, 0.15) is 23.9 Å². The fourth-order valence-electron chi connectivity index (χ4n) is 2.43. The highest BCUT2D eigenvalue weighted by Crippen LogP contribution is 2.18. The Labute approximate surface area is 160 Å². The molecule has 0 atom stereocenters. The van der Waals surface area contributed by atoms with Crippen molar-refractivity contribution in [3.8, 4) is 5.75 Å². The average Bonchev–Trinajstić information content (AvgIpc) is 3.02. The molecule has 0 fully saturated rings. The van der Waals surface area contributed by atoms with Crippen LogP contribution >= 0.6 is 0 Å². The lowest BCUT2D eigenvalue weighted by Crippen LogP contribution is -2.41. The summed E-state index contributed by atoms with van der Waals surface area (Å²) in [5.74, 6) is -0.213. The van der Waals surface area contributed by atoms with Crippen LogP contribution in [0.3, 0.4) is 0 Å². The largest absolute Gasteiger partial charge is 0.489 e. The molecule has 0 aliphatic carbocycles. The summed E-state index contributed by atoms with van der Waals surface area (Å²) in [6.45, 7) is 3.95. The minimum Gasteiger partial charge on any atom is -0.489 e. The van der Waals surface area contributed by atoms with Crippen molar-refractivity contribution in [3.05, 3.63) is 82.5 Å². The van der Waals surface area contributed by atoms with Crippen LogP contribution in [0, 0.1) is 19.7 Å². The van der Waals surface area contributed by atoms with Gasteiger partial charge in [0, 0.05) is 11.1 Å². The molecule has 0 aliphatic rings. The van der Waals surface area contributed by atoms with Gasteiger partial charge in [-0.05, 0) is 62.4 Å². The predicted octanol–water partition coefficient (Wildman–Crippen LogP) is 3.08. The number of nitrogens with zero attached hydrogens (tertiary/aromatic N) is 1. The SMILES string of the molecule is Cc1noc(C)c1COc1ccc(C(=O)NNC(=O)c2ccc(F)cc2)cc1. The second-order valence-corrected chi connectivity index (χ2v) is 6.03. The predicted molar refractivity (Wildman–Crippen MR) is 98.1 cm³/mol. The molecule has 3 aromatic rings. The molecule has 2 amide bonds. The van der Waals surface area contributed by atoms with E-state index in [0.29, 0.717) is 23.7 Å². The number of amides is 2. The van der Waals surface area contributed by atoms with Gasteiger partial charge in [0.05, 0.1) is 11.3 Å². The van der Waals surface area contributed by atoms with Crippen molar-refractivity contribution in [2.24, 2.45) is 0 Å². The number of aryl methyl sites for hydroxylation is 2. The van der Waals surface area contributed by atoms with Gasteiger partial charge in [-0.25, -0.2) is 4.39 Å². The van der Waals surface area contributed by atoms with Gasteiger partial charge in [-0.1, -0.05) is 5.16 Å². The first-order chi connectivity index (χ1) is 13.4. The maximum atomic E-state index is 12.9. The summed E-state index contributed by atoms with van der Waals surface area (Å²) in [5, 5.41) is 3.87. The van der Waals surface area contributed by atoms with E-state index < -0.39 is 17.6 Å². The number of hydrazine groups is 1. The second-order valence-electron chi connectivity index (χ2n) is 6.03. The topological polar surface area (TPSA) is 93.5 Å². The van der Waals surface area contributed by atoms with E-state index in [4.69, 9.17) is 9.26 Å². The van der Waals surface area contributed by atoms with Gasteiger partial charge in [0.25, 0.3) is 11.8 Å². The quantitative estimate of drug-likeness (QED) is 0.661. The number of ether oxygens (including phenoxy) is 1. The highest BCUT2D eigenvalue weighted by Gasteiger charge is 2.11. The van der Waals surface area contributed by atoms with E-state index in [-0.39, 0.29) is 5.56 Å². The number of carbonyl (C=O) groups excluding carboxylic acids is 2. The van der Waals surface area contributed by atoms with E-state index in [2.05, 4.69) is 16.0 Å². The molecule has 1 heterocycles. The lowest BCUT2D eigenvalue weighted by molar-refractivity contribution is 0.0846. The minimum atomic E-state index is -0.548. The number of aromatic nitrogens is 1. The van der Waals surface area contributed by atoms with Gasteiger partial charge >= 0.3 is 0 Å². The molecular formula is C20H18FN3O4. The highest BCUT2D eigenvalue weighted by atomic mass is 19.1. The standard InChI is InChI=1S/C20H18FN3O4/c1-12-18(13(2)28-24-12)11-27-17-9-5-15(6-10-17)20(26)23-22-19(25)14-3-7-16(21)8-4-14/h3-10H,11H2,1-2H3,(H,22,25)(H,23,26). The van der Waals surface area contributed by atoms with Crippen molar-refractivity contribution in [3.63, 3.8) is 0 Å². The lowest BCUT2D eigenvalue weighted by atomic mass is 10.2. The van der Waals surface area contributed by atoms with Crippen molar-refractivity contribution >= 4 is 11.8 Å². The number of rotatable bonds is 5. The van der Waals surface area contributed by atoms with Gasteiger partial charge in [-0.2, -0.15) is 0 Å². The molecule has 0 spiro atoms. The molecular weight excluding hydrogens is 365 g/mol. The maximum Gasteiger partial charge on any atom is 0.269 e. The van der Waals surface area contributed by atoms with Gasteiger partial charge in [0.2, 0.25) is 0 Å². The molecule has 144 valence electrons. The minimum absolute atomic E-state index is 0.227. The molecule has 2 N–H and O–H groups in total. The average molecular weight is 383 g/mol. The maximum absolute atomic E-state index is 12.9. The highest BCUT2D eigenvalue weighted by molar-refractivity contribution is 5.99. The monoisotopic (exact) mass is 383 g/mol. The third-order valence-electron chi connectivity index (χ3n) is 4.08. The van der Waals surface area contributed by atoms with Crippen LogP contribution in [0.25, 0.3) is 0 Å². The summed E-state index contributed by atoms with van der Waals surface area (Å²) in [5.41, 5.74) is 6.80. The zero-order valence-corrected chi connectivity index (χ0v) is 15.3. The molecule has 7 nitrogen and oxygen atoms in total. The van der Waals surface area contributed by atoms with Crippen molar-refractivity contribution in [2.45, 2.75) is 20.5 Å². The Balaban J connectivity index is 1.53. The van der Waals surface area contributed by atoms with Crippen LogP contribution in [0.5, 0.6) is 5.75 Å². The Bertz CT molecular complexity index is 962. The Hall–Kier alpha value is -3.68. The number of benzene rings is 2. The van der Waals surface area contributed by atoms with Crippen LogP contribution in [-0.2, 0) is 6.61 Å². The zero-order chi connectivity index (χ0) is 20.1. The van der Waals surface area contributed by atoms with Gasteiger partial charge < -0.3 is 9.26 Å². The normalized spacial score (nSPS) is 10.4. The number of nitrogens with one attached hydrogen (secondary N) is 2. The van der Waals surface area contributed by atoms with E-state index in [9.17, 15) is 14.0 Å². The molecule has 0 bridgehead atoms. The van der Waals surface area contributed by atoms with Crippen LogP contribution in [0.1, 0.15) is 37.7 Å². The summed E-state index contributed by atoms with van der Waals surface area (Å²) in [7, 11) is 0. The van der Waals surface area contributed by atoms with Gasteiger partial charge in [-0.3, -0.25) is 20.4 Å². The third kappa shape index (κ3) is 4.53. The smallest absolute Gasteiger partial charge is 0.269 e. The molecule has 0 saturated heterocycles. The Morgan fingerprint density at radius 2 is 1.50 bits per heavy atom. The lowest BCUT2D eigenvalue weighted by Gasteiger charge is -2.09. The number of hydrogen-bond acceptors (Lipinski definition) is 5. The van der Waals surface area contributed by atoms with E-state index >= 15 is 0 Å². The number of halogens is 1. The zero-order valence-electron chi connectivity index (χ0n) is 15.3. The molecule has 2 aromatic carbocycles. The van der Waals surface area contributed by atoms with Crippen LogP contribution in [0.15, 0.2) is 53.1 Å². The summed E-state index contributed by atoms with van der Waals surface area (Å²) in [6.07, 6.45) is 0. The molecule has 0 unspecified atom stereocenters.